The molecular weight excluding hydrogens is 308 g/mol. The van der Waals surface area contributed by atoms with E-state index in [1.54, 1.807) is 0 Å². The van der Waals surface area contributed by atoms with Gasteiger partial charge in [-0.3, -0.25) is 4.79 Å². The topological polar surface area (TPSA) is 45.7 Å². The number of hydrogen-bond donors (Lipinski definition) is 2. The molecule has 0 saturated carbocycles. The highest BCUT2D eigenvalue weighted by molar-refractivity contribution is 5.93. The van der Waals surface area contributed by atoms with Crippen molar-refractivity contribution in [3.63, 3.8) is 0 Å². The Kier molecular flexibility index (Phi) is 6.77. The highest BCUT2D eigenvalue weighted by atomic mass is 16.1. The quantitative estimate of drug-likeness (QED) is 0.780. The third-order valence-corrected chi connectivity index (χ3v) is 4.62. The maximum absolute atomic E-state index is 12.6. The molecule has 3 N–H and O–H groups in total. The smallest absolute Gasteiger partial charge is 0.279 e. The molecule has 134 valence electrons. The van der Waals surface area contributed by atoms with Crippen LogP contribution in [0.5, 0.6) is 0 Å². The van der Waals surface area contributed by atoms with Crippen LogP contribution in [0.3, 0.4) is 0 Å². The van der Waals surface area contributed by atoms with Crippen LogP contribution in [-0.2, 0) is 4.79 Å². The number of nitrogens with two attached hydrogens (primary N) is 1. The van der Waals surface area contributed by atoms with Gasteiger partial charge in [0.1, 0.15) is 6.04 Å². The summed E-state index contributed by atoms with van der Waals surface area (Å²) in [5, 5.41) is 5.26. The number of carbonyl (C=O) groups is 1. The van der Waals surface area contributed by atoms with Crippen molar-refractivity contribution in [2.24, 2.45) is 0 Å². The van der Waals surface area contributed by atoms with Crippen molar-refractivity contribution < 1.29 is 10.1 Å². The Labute approximate surface area is 151 Å². The normalized spacial score (nSPS) is 12.4. The number of quaternary nitrogens is 1. The van der Waals surface area contributed by atoms with Crippen molar-refractivity contribution in [3.05, 3.63) is 65.2 Å². The Morgan fingerprint density at radius 3 is 1.96 bits per heavy atom. The summed E-state index contributed by atoms with van der Waals surface area (Å²) in [4.78, 5) is 12.6. The third kappa shape index (κ3) is 5.17. The molecule has 0 spiro atoms. The molecule has 2 aromatic rings. The van der Waals surface area contributed by atoms with E-state index in [2.05, 4.69) is 75.6 Å². The molecule has 2 rings (SSSR count). The fraction of sp³-hybridized carbons (Fsp3) is 0.409. The van der Waals surface area contributed by atoms with E-state index in [-0.39, 0.29) is 11.9 Å². The molecule has 25 heavy (non-hydrogen) atoms. The lowest BCUT2D eigenvalue weighted by Crippen LogP contribution is -2.86. The third-order valence-electron chi connectivity index (χ3n) is 4.62. The first kappa shape index (κ1) is 19.2. The maximum atomic E-state index is 12.6. The molecule has 2 aromatic carbocycles. The van der Waals surface area contributed by atoms with E-state index < -0.39 is 0 Å². The van der Waals surface area contributed by atoms with Crippen molar-refractivity contribution in [1.29, 1.82) is 0 Å². The molecule has 0 fully saturated rings. The van der Waals surface area contributed by atoms with Crippen LogP contribution in [0.2, 0.25) is 0 Å². The Balaban J connectivity index is 2.07. The number of nitrogens with one attached hydrogen (secondary N) is 1. The van der Waals surface area contributed by atoms with Crippen molar-refractivity contribution in [3.8, 4) is 0 Å². The van der Waals surface area contributed by atoms with Gasteiger partial charge in [0.05, 0.1) is 0 Å². The maximum Gasteiger partial charge on any atom is 0.279 e. The Morgan fingerprint density at radius 1 is 0.880 bits per heavy atom. The predicted octanol–water partition coefficient (Wildman–Crippen LogP) is 4.20. The average molecular weight is 340 g/mol. The molecule has 1 amide bonds. The number of hydrogen-bond acceptors (Lipinski definition) is 1. The summed E-state index contributed by atoms with van der Waals surface area (Å²) in [6.45, 7) is 11.2. The summed E-state index contributed by atoms with van der Waals surface area (Å²) in [5.41, 5.74) is 4.64. The van der Waals surface area contributed by atoms with E-state index in [1.165, 1.54) is 16.7 Å². The molecule has 0 heterocycles. The van der Waals surface area contributed by atoms with Crippen LogP contribution in [0.15, 0.2) is 48.5 Å². The number of anilines is 1. The first-order chi connectivity index (χ1) is 11.9. The van der Waals surface area contributed by atoms with Crippen LogP contribution in [0, 0.1) is 0 Å². The lowest BCUT2D eigenvalue weighted by molar-refractivity contribution is -0.682. The van der Waals surface area contributed by atoms with Crippen LogP contribution in [0.4, 0.5) is 5.69 Å². The first-order valence-corrected chi connectivity index (χ1v) is 9.21. The van der Waals surface area contributed by atoms with Gasteiger partial charge in [-0.25, -0.2) is 0 Å². The van der Waals surface area contributed by atoms with Crippen LogP contribution in [0.1, 0.15) is 69.2 Å². The molecule has 0 bridgehead atoms. The fourth-order valence-corrected chi connectivity index (χ4v) is 3.06. The van der Waals surface area contributed by atoms with Crippen molar-refractivity contribution in [2.75, 3.05) is 11.9 Å². The van der Waals surface area contributed by atoms with Gasteiger partial charge in [0.25, 0.3) is 5.91 Å². The van der Waals surface area contributed by atoms with E-state index >= 15 is 0 Å². The number of amides is 1. The van der Waals surface area contributed by atoms with Gasteiger partial charge in [0.15, 0.2) is 6.54 Å². The second kappa shape index (κ2) is 8.82. The molecule has 0 saturated heterocycles. The summed E-state index contributed by atoms with van der Waals surface area (Å²) in [7, 11) is 0. The lowest BCUT2D eigenvalue weighted by atomic mass is 9.92. The molecule has 1 atom stereocenters. The van der Waals surface area contributed by atoms with E-state index in [4.69, 9.17) is 0 Å². The molecular formula is C22H31N2O+. The van der Waals surface area contributed by atoms with Crippen molar-refractivity contribution in [2.45, 2.75) is 52.5 Å². The van der Waals surface area contributed by atoms with Gasteiger partial charge in [-0.1, -0.05) is 76.2 Å². The minimum atomic E-state index is 0.0535. The number of para-hydroxylation sites is 1. The Bertz CT molecular complexity index is 666. The molecule has 3 heteroatoms. The molecule has 0 aliphatic carbocycles. The Hall–Kier alpha value is -2.13. The number of benzene rings is 2. The van der Waals surface area contributed by atoms with Crippen LogP contribution < -0.4 is 10.6 Å². The van der Waals surface area contributed by atoms with Gasteiger partial charge in [-0.15, -0.1) is 0 Å². The second-order valence-electron chi connectivity index (χ2n) is 7.31. The largest absolute Gasteiger partial charge is 0.333 e. The monoisotopic (exact) mass is 339 g/mol. The number of rotatable bonds is 7. The van der Waals surface area contributed by atoms with E-state index in [9.17, 15) is 4.79 Å². The molecule has 0 aliphatic heterocycles. The van der Waals surface area contributed by atoms with Gasteiger partial charge in [0, 0.05) is 11.3 Å². The highest BCUT2D eigenvalue weighted by Gasteiger charge is 2.17. The minimum Gasteiger partial charge on any atom is -0.333 e. The zero-order valence-corrected chi connectivity index (χ0v) is 16.0. The van der Waals surface area contributed by atoms with Crippen molar-refractivity contribution in [1.82, 2.24) is 0 Å². The Morgan fingerprint density at radius 2 is 1.44 bits per heavy atom. The second-order valence-corrected chi connectivity index (χ2v) is 7.31. The molecule has 0 radical (unpaired) electrons. The summed E-state index contributed by atoms with van der Waals surface area (Å²) in [5.74, 6) is 0.806. The van der Waals surface area contributed by atoms with Gasteiger partial charge in [-0.05, 0) is 29.9 Å². The molecule has 0 aliphatic rings. The lowest BCUT2D eigenvalue weighted by Gasteiger charge is -2.20. The fourth-order valence-electron chi connectivity index (χ4n) is 3.06. The first-order valence-electron chi connectivity index (χ1n) is 9.21. The van der Waals surface area contributed by atoms with E-state index in [0.717, 1.165) is 5.69 Å². The van der Waals surface area contributed by atoms with Crippen LogP contribution in [0.25, 0.3) is 0 Å². The van der Waals surface area contributed by atoms with E-state index in [1.807, 2.05) is 18.2 Å². The molecule has 3 nitrogen and oxygen atoms in total. The zero-order chi connectivity index (χ0) is 18.4. The average Bonchev–Trinajstić information content (AvgIpc) is 2.60. The van der Waals surface area contributed by atoms with Crippen molar-refractivity contribution >= 4 is 11.6 Å². The van der Waals surface area contributed by atoms with Gasteiger partial charge >= 0.3 is 0 Å². The van der Waals surface area contributed by atoms with Crippen LogP contribution in [-0.4, -0.2) is 12.5 Å². The predicted molar refractivity (Wildman–Crippen MR) is 105 cm³/mol. The standard InChI is InChI=1S/C22H30N2O/c1-15(2)19-12-9-13-20(16(3)4)22(19)24-21(25)14-23-17(5)18-10-7-6-8-11-18/h6-13,15-17,23H,14H2,1-5H3,(H,24,25)/p+1/t17-/m0/s1. The number of carbonyl (C=O) groups excluding carboxylic acids is 1. The zero-order valence-electron chi connectivity index (χ0n) is 16.0. The highest BCUT2D eigenvalue weighted by Crippen LogP contribution is 2.32. The van der Waals surface area contributed by atoms with Crippen LogP contribution >= 0.6 is 0 Å². The SMILES string of the molecule is CC(C)c1cccc(C(C)C)c1NC(=O)C[NH2+][C@@H](C)c1ccccc1. The minimum absolute atomic E-state index is 0.0535. The summed E-state index contributed by atoms with van der Waals surface area (Å²) >= 11 is 0. The van der Waals surface area contributed by atoms with Gasteiger partial charge in [0.2, 0.25) is 0 Å². The van der Waals surface area contributed by atoms with Gasteiger partial charge < -0.3 is 10.6 Å². The summed E-state index contributed by atoms with van der Waals surface area (Å²) in [6, 6.07) is 16.9. The molecule has 0 unspecified atom stereocenters. The summed E-state index contributed by atoms with van der Waals surface area (Å²) < 4.78 is 0. The van der Waals surface area contributed by atoms with Gasteiger partial charge in [-0.2, -0.15) is 0 Å². The van der Waals surface area contributed by atoms with E-state index in [0.29, 0.717) is 18.4 Å². The molecule has 0 aromatic heterocycles. The summed E-state index contributed by atoms with van der Waals surface area (Å²) in [6.07, 6.45) is 0.